The summed E-state index contributed by atoms with van der Waals surface area (Å²) in [4.78, 5) is 15.5. The number of phenols is 1. The van der Waals surface area contributed by atoms with Gasteiger partial charge in [-0.3, -0.25) is 9.89 Å². The van der Waals surface area contributed by atoms with E-state index in [0.717, 1.165) is 27.8 Å². The highest BCUT2D eigenvalue weighted by Crippen LogP contribution is 2.46. The van der Waals surface area contributed by atoms with Gasteiger partial charge in [0, 0.05) is 17.7 Å². The summed E-state index contributed by atoms with van der Waals surface area (Å²) in [5, 5.41) is 18.4. The maximum absolute atomic E-state index is 13.8. The third-order valence-corrected chi connectivity index (χ3v) is 7.25. The molecule has 1 atom stereocenters. The fourth-order valence-corrected chi connectivity index (χ4v) is 5.35. The third-order valence-electron chi connectivity index (χ3n) is 7.25. The number of phenolic OH excluding ortho intramolecular Hbond substituents is 1. The number of benzene rings is 4. The highest BCUT2D eigenvalue weighted by molar-refractivity contribution is 6.00. The number of hydrogen-bond acceptors (Lipinski definition) is 4. The van der Waals surface area contributed by atoms with Gasteiger partial charge in [-0.2, -0.15) is 5.10 Å². The second-order valence-electron chi connectivity index (χ2n) is 10.1. The highest BCUT2D eigenvalue weighted by atomic mass is 19.1. The molecule has 1 aliphatic heterocycles. The molecule has 0 bridgehead atoms. The minimum atomic E-state index is -0.512. The molecule has 1 amide bonds. The lowest BCUT2D eigenvalue weighted by molar-refractivity contribution is 0.0729. The standard InChI is InChI=1S/C33H28FN3O3/c1-20-15-21(2)32(38)27(16-20)29-28-30(36-35-29)33(39)37(18-22-11-13-25(34)14-12-22)31(28)24-9-6-10-26(17-24)40-19-23-7-4-3-5-8-23/h3-17,31,38H,18-19H2,1-2H3,(H,35,36). The lowest BCUT2D eigenvalue weighted by Crippen LogP contribution is -2.29. The fraction of sp³-hybridized carbons (Fsp3) is 0.152. The highest BCUT2D eigenvalue weighted by Gasteiger charge is 2.42. The summed E-state index contributed by atoms with van der Waals surface area (Å²) in [7, 11) is 0. The van der Waals surface area contributed by atoms with E-state index in [2.05, 4.69) is 10.2 Å². The van der Waals surface area contributed by atoms with Gasteiger partial charge in [-0.25, -0.2) is 4.39 Å². The largest absolute Gasteiger partial charge is 0.507 e. The van der Waals surface area contributed by atoms with E-state index in [1.807, 2.05) is 80.6 Å². The van der Waals surface area contributed by atoms with Crippen LogP contribution in [0.3, 0.4) is 0 Å². The first kappa shape index (κ1) is 25.4. The number of carbonyl (C=O) groups is 1. The molecular formula is C33H28FN3O3. The SMILES string of the molecule is Cc1cc(C)c(O)c(-c2n[nH]c3c2C(c2cccc(OCc4ccccc4)c2)N(Cc2ccc(F)cc2)C3=O)c1. The van der Waals surface area contributed by atoms with E-state index < -0.39 is 6.04 Å². The molecule has 6 nitrogen and oxygen atoms in total. The Balaban J connectivity index is 1.44. The van der Waals surface area contributed by atoms with E-state index in [1.54, 1.807) is 17.0 Å². The Morgan fingerprint density at radius 1 is 0.950 bits per heavy atom. The molecule has 6 rings (SSSR count). The van der Waals surface area contributed by atoms with E-state index in [0.29, 0.717) is 34.9 Å². The molecule has 200 valence electrons. The second kappa shape index (κ2) is 10.3. The van der Waals surface area contributed by atoms with Gasteiger partial charge >= 0.3 is 0 Å². The number of halogens is 1. The molecule has 5 aromatic rings. The van der Waals surface area contributed by atoms with Gasteiger partial charge in [-0.05, 0) is 72.0 Å². The van der Waals surface area contributed by atoms with Crippen LogP contribution in [0, 0.1) is 19.7 Å². The van der Waals surface area contributed by atoms with Crippen LogP contribution < -0.4 is 4.74 Å². The Labute approximate surface area is 231 Å². The predicted molar refractivity (Wildman–Crippen MR) is 150 cm³/mol. The topological polar surface area (TPSA) is 78.5 Å². The van der Waals surface area contributed by atoms with Gasteiger partial charge in [-0.15, -0.1) is 0 Å². The molecule has 0 radical (unpaired) electrons. The van der Waals surface area contributed by atoms with Crippen molar-refractivity contribution in [3.05, 3.63) is 136 Å². The van der Waals surface area contributed by atoms with Crippen molar-refractivity contribution in [1.29, 1.82) is 0 Å². The summed E-state index contributed by atoms with van der Waals surface area (Å²) < 4.78 is 19.7. The molecule has 2 heterocycles. The molecule has 2 N–H and O–H groups in total. The number of aromatic nitrogens is 2. The molecule has 7 heteroatoms. The second-order valence-corrected chi connectivity index (χ2v) is 10.1. The molecular weight excluding hydrogens is 505 g/mol. The van der Waals surface area contributed by atoms with Crippen LogP contribution in [-0.4, -0.2) is 26.1 Å². The number of amides is 1. The Bertz CT molecular complexity index is 1700. The minimum Gasteiger partial charge on any atom is -0.507 e. The minimum absolute atomic E-state index is 0.128. The average Bonchev–Trinajstić information content (AvgIpc) is 3.50. The van der Waals surface area contributed by atoms with Gasteiger partial charge in [0.15, 0.2) is 0 Å². The zero-order valence-electron chi connectivity index (χ0n) is 22.2. The predicted octanol–water partition coefficient (Wildman–Crippen LogP) is 6.86. The van der Waals surface area contributed by atoms with E-state index in [1.165, 1.54) is 12.1 Å². The van der Waals surface area contributed by atoms with E-state index >= 15 is 0 Å². The van der Waals surface area contributed by atoms with Crippen LogP contribution in [0.4, 0.5) is 4.39 Å². The maximum Gasteiger partial charge on any atom is 0.273 e. The summed E-state index contributed by atoms with van der Waals surface area (Å²) in [5.74, 6) is 0.243. The molecule has 0 fully saturated rings. The molecule has 1 aromatic heterocycles. The average molecular weight is 534 g/mol. The molecule has 0 spiro atoms. The van der Waals surface area contributed by atoms with Crippen molar-refractivity contribution in [2.45, 2.75) is 33.0 Å². The van der Waals surface area contributed by atoms with Crippen molar-refractivity contribution in [3.8, 4) is 22.8 Å². The molecule has 4 aromatic carbocycles. The van der Waals surface area contributed by atoms with Crippen LogP contribution >= 0.6 is 0 Å². The van der Waals surface area contributed by atoms with Crippen LogP contribution in [0.5, 0.6) is 11.5 Å². The number of fused-ring (bicyclic) bond motifs is 1. The van der Waals surface area contributed by atoms with Crippen LogP contribution in [0.1, 0.15) is 49.9 Å². The third kappa shape index (κ3) is 4.71. The van der Waals surface area contributed by atoms with E-state index in [9.17, 15) is 14.3 Å². The number of aryl methyl sites for hydroxylation is 2. The summed E-state index contributed by atoms with van der Waals surface area (Å²) in [6, 6.07) is 27.0. The summed E-state index contributed by atoms with van der Waals surface area (Å²) in [6.07, 6.45) is 0. The van der Waals surface area contributed by atoms with Gasteiger partial charge in [-0.1, -0.05) is 60.7 Å². The molecule has 0 aliphatic carbocycles. The number of ether oxygens (including phenoxy) is 1. The van der Waals surface area contributed by atoms with Gasteiger partial charge in [0.1, 0.15) is 35.3 Å². The zero-order chi connectivity index (χ0) is 27.8. The van der Waals surface area contributed by atoms with E-state index in [4.69, 9.17) is 4.74 Å². The van der Waals surface area contributed by atoms with Crippen molar-refractivity contribution in [1.82, 2.24) is 15.1 Å². The lowest BCUT2D eigenvalue weighted by atomic mass is 9.94. The van der Waals surface area contributed by atoms with Crippen LogP contribution in [0.25, 0.3) is 11.3 Å². The van der Waals surface area contributed by atoms with Crippen LogP contribution in [0.15, 0.2) is 91.0 Å². The lowest BCUT2D eigenvalue weighted by Gasteiger charge is -2.27. The van der Waals surface area contributed by atoms with Crippen LogP contribution in [-0.2, 0) is 13.2 Å². The number of hydrogen-bond donors (Lipinski definition) is 2. The fourth-order valence-electron chi connectivity index (χ4n) is 5.35. The first-order chi connectivity index (χ1) is 19.4. The van der Waals surface area contributed by atoms with Crippen molar-refractivity contribution in [2.75, 3.05) is 0 Å². The number of aromatic hydroxyl groups is 1. The summed E-state index contributed by atoms with van der Waals surface area (Å²) >= 11 is 0. The zero-order valence-corrected chi connectivity index (χ0v) is 22.2. The smallest absolute Gasteiger partial charge is 0.273 e. The number of rotatable bonds is 7. The normalized spacial score (nSPS) is 14.4. The summed E-state index contributed by atoms with van der Waals surface area (Å²) in [6.45, 7) is 4.47. The number of aromatic amines is 1. The first-order valence-electron chi connectivity index (χ1n) is 13.1. The van der Waals surface area contributed by atoms with Gasteiger partial charge < -0.3 is 14.7 Å². The number of carbonyl (C=O) groups excluding carboxylic acids is 1. The van der Waals surface area contributed by atoms with Crippen LogP contribution in [0.2, 0.25) is 0 Å². The quantitative estimate of drug-likeness (QED) is 0.240. The number of nitrogens with zero attached hydrogens (tertiary/aromatic N) is 2. The van der Waals surface area contributed by atoms with Crippen molar-refractivity contribution in [3.63, 3.8) is 0 Å². The van der Waals surface area contributed by atoms with E-state index in [-0.39, 0.29) is 24.0 Å². The Morgan fingerprint density at radius 2 is 1.73 bits per heavy atom. The monoisotopic (exact) mass is 533 g/mol. The van der Waals surface area contributed by atoms with Crippen molar-refractivity contribution >= 4 is 5.91 Å². The van der Waals surface area contributed by atoms with Gasteiger partial charge in [0.2, 0.25) is 0 Å². The summed E-state index contributed by atoms with van der Waals surface area (Å²) in [5.41, 5.74) is 6.53. The molecule has 1 aliphatic rings. The molecule has 40 heavy (non-hydrogen) atoms. The van der Waals surface area contributed by atoms with Crippen molar-refractivity contribution in [2.24, 2.45) is 0 Å². The van der Waals surface area contributed by atoms with Gasteiger partial charge in [0.05, 0.1) is 6.04 Å². The first-order valence-corrected chi connectivity index (χ1v) is 13.1. The van der Waals surface area contributed by atoms with Crippen molar-refractivity contribution < 1.29 is 19.0 Å². The number of H-pyrrole nitrogens is 1. The number of nitrogens with one attached hydrogen (secondary N) is 1. The Kier molecular flexibility index (Phi) is 6.56. The molecule has 1 unspecified atom stereocenters. The maximum atomic E-state index is 13.8. The van der Waals surface area contributed by atoms with Gasteiger partial charge in [0.25, 0.3) is 5.91 Å². The Hall–Kier alpha value is -4.91. The molecule has 0 saturated carbocycles. The Morgan fingerprint density at radius 3 is 2.50 bits per heavy atom. The molecule has 0 saturated heterocycles.